The summed E-state index contributed by atoms with van der Waals surface area (Å²) in [5.74, 6) is 0. The fraction of sp³-hybridized carbons (Fsp3) is 1.00. The van der Waals surface area contributed by atoms with Crippen molar-refractivity contribution in [3.63, 3.8) is 0 Å². The van der Waals surface area contributed by atoms with Gasteiger partial charge in [0.2, 0.25) is 0 Å². The summed E-state index contributed by atoms with van der Waals surface area (Å²) in [5, 5.41) is 11.9. The van der Waals surface area contributed by atoms with Crippen molar-refractivity contribution in [1.82, 2.24) is 5.32 Å². The highest BCUT2D eigenvalue weighted by Gasteiger charge is 2.21. The number of hydrogen-bond acceptors (Lipinski definition) is 4. The molecule has 1 aliphatic heterocycles. The monoisotopic (exact) mass is 147 g/mol. The van der Waals surface area contributed by atoms with Crippen LogP contribution in [-0.2, 0) is 9.78 Å². The van der Waals surface area contributed by atoms with Gasteiger partial charge in [0.1, 0.15) is 6.23 Å². The fourth-order valence-corrected chi connectivity index (χ4v) is 1.08. The summed E-state index contributed by atoms with van der Waals surface area (Å²) in [7, 11) is 1.48. The fourth-order valence-electron chi connectivity index (χ4n) is 1.08. The van der Waals surface area contributed by atoms with Crippen molar-refractivity contribution < 1.29 is 14.9 Å². The first-order valence-electron chi connectivity index (χ1n) is 3.42. The van der Waals surface area contributed by atoms with Crippen LogP contribution in [0.25, 0.3) is 0 Å². The van der Waals surface area contributed by atoms with Crippen LogP contribution in [-0.4, -0.2) is 31.1 Å². The van der Waals surface area contributed by atoms with Crippen molar-refractivity contribution in [3.8, 4) is 0 Å². The first-order chi connectivity index (χ1) is 4.83. The van der Waals surface area contributed by atoms with Crippen molar-refractivity contribution in [3.05, 3.63) is 0 Å². The molecule has 10 heavy (non-hydrogen) atoms. The molecule has 0 radical (unpaired) electrons. The van der Waals surface area contributed by atoms with Crippen molar-refractivity contribution in [2.75, 3.05) is 13.7 Å². The molecule has 1 heterocycles. The minimum absolute atomic E-state index is 0.245. The van der Waals surface area contributed by atoms with Gasteiger partial charge in [-0.25, -0.2) is 9.78 Å². The Bertz CT molecular complexity index is 99.0. The molecule has 2 N–H and O–H groups in total. The Morgan fingerprint density at radius 3 is 2.90 bits per heavy atom. The van der Waals surface area contributed by atoms with Crippen LogP contribution < -0.4 is 5.32 Å². The van der Waals surface area contributed by atoms with Gasteiger partial charge in [-0.05, 0) is 12.8 Å². The average Bonchev–Trinajstić information content (AvgIpc) is 2.31. The quantitative estimate of drug-likeness (QED) is 0.422. The summed E-state index contributed by atoms with van der Waals surface area (Å²) in [6.07, 6.45) is 1.40. The first-order valence-corrected chi connectivity index (χ1v) is 3.42. The van der Waals surface area contributed by atoms with Gasteiger partial charge in [0.05, 0.1) is 13.7 Å². The van der Waals surface area contributed by atoms with E-state index in [0.29, 0.717) is 6.61 Å². The minimum atomic E-state index is -0.356. The summed E-state index contributed by atoms with van der Waals surface area (Å²) in [4.78, 5) is 9.11. The van der Waals surface area contributed by atoms with Gasteiger partial charge in [-0.3, -0.25) is 5.32 Å². The maximum absolute atomic E-state index is 8.99. The molecule has 2 unspecified atom stereocenters. The van der Waals surface area contributed by atoms with Gasteiger partial charge in [-0.2, -0.15) is 0 Å². The van der Waals surface area contributed by atoms with Gasteiger partial charge < -0.3 is 5.11 Å². The lowest BCUT2D eigenvalue weighted by molar-refractivity contribution is -0.275. The molecule has 0 aliphatic carbocycles. The molecule has 60 valence electrons. The normalized spacial score (nSPS) is 33.0. The Balaban J connectivity index is 2.06. The van der Waals surface area contributed by atoms with Crippen LogP contribution in [0, 0.1) is 0 Å². The van der Waals surface area contributed by atoms with E-state index < -0.39 is 0 Å². The zero-order chi connectivity index (χ0) is 7.40. The van der Waals surface area contributed by atoms with Gasteiger partial charge in [0, 0.05) is 6.04 Å². The molecule has 0 saturated carbocycles. The molecule has 0 aromatic carbocycles. The SMILES string of the molecule is COOCC1CCC(O)N1. The number of aliphatic hydroxyl groups excluding tert-OH is 1. The van der Waals surface area contributed by atoms with E-state index >= 15 is 0 Å². The van der Waals surface area contributed by atoms with Crippen molar-refractivity contribution >= 4 is 0 Å². The summed E-state index contributed by atoms with van der Waals surface area (Å²) in [6, 6.07) is 0.245. The topological polar surface area (TPSA) is 50.7 Å². The molecule has 0 aromatic heterocycles. The van der Waals surface area contributed by atoms with Gasteiger partial charge >= 0.3 is 0 Å². The molecule has 0 bridgehead atoms. The van der Waals surface area contributed by atoms with Crippen LogP contribution in [0.1, 0.15) is 12.8 Å². The van der Waals surface area contributed by atoms with E-state index in [-0.39, 0.29) is 12.3 Å². The first kappa shape index (κ1) is 7.94. The number of hydrogen-bond donors (Lipinski definition) is 2. The van der Waals surface area contributed by atoms with Crippen molar-refractivity contribution in [2.45, 2.75) is 25.1 Å². The number of aliphatic hydroxyl groups is 1. The molecule has 0 amide bonds. The van der Waals surface area contributed by atoms with Gasteiger partial charge in [0.15, 0.2) is 0 Å². The van der Waals surface area contributed by atoms with Crippen LogP contribution in [0.4, 0.5) is 0 Å². The van der Waals surface area contributed by atoms with E-state index in [1.807, 2.05) is 0 Å². The lowest BCUT2D eigenvalue weighted by Crippen LogP contribution is -2.32. The lowest BCUT2D eigenvalue weighted by Gasteiger charge is -2.08. The predicted octanol–water partition coefficient (Wildman–Crippen LogP) is -0.365. The summed E-state index contributed by atoms with van der Waals surface area (Å²) in [5.41, 5.74) is 0. The highest BCUT2D eigenvalue weighted by Crippen LogP contribution is 2.09. The summed E-state index contributed by atoms with van der Waals surface area (Å²) < 4.78 is 0. The minimum Gasteiger partial charge on any atom is -0.379 e. The van der Waals surface area contributed by atoms with E-state index in [0.717, 1.165) is 12.8 Å². The van der Waals surface area contributed by atoms with Crippen LogP contribution in [0.15, 0.2) is 0 Å². The van der Waals surface area contributed by atoms with Crippen molar-refractivity contribution in [2.24, 2.45) is 0 Å². The van der Waals surface area contributed by atoms with Crippen LogP contribution in [0.2, 0.25) is 0 Å². The van der Waals surface area contributed by atoms with E-state index in [1.165, 1.54) is 7.11 Å². The molecule has 2 atom stereocenters. The Morgan fingerprint density at radius 1 is 1.60 bits per heavy atom. The Hall–Kier alpha value is -0.160. The molecule has 4 heteroatoms. The third-order valence-corrected chi connectivity index (χ3v) is 1.60. The number of rotatable bonds is 3. The number of nitrogens with one attached hydrogen (secondary N) is 1. The van der Waals surface area contributed by atoms with Gasteiger partial charge in [-0.15, -0.1) is 0 Å². The maximum Gasteiger partial charge on any atom is 0.105 e. The zero-order valence-electron chi connectivity index (χ0n) is 6.04. The van der Waals surface area contributed by atoms with E-state index in [2.05, 4.69) is 10.2 Å². The highest BCUT2D eigenvalue weighted by atomic mass is 17.2. The third kappa shape index (κ3) is 2.22. The van der Waals surface area contributed by atoms with E-state index in [4.69, 9.17) is 9.99 Å². The second kappa shape index (κ2) is 3.88. The van der Waals surface area contributed by atoms with Gasteiger partial charge in [-0.1, -0.05) is 0 Å². The Labute approximate surface area is 60.1 Å². The zero-order valence-corrected chi connectivity index (χ0v) is 6.04. The second-order valence-electron chi connectivity index (χ2n) is 2.41. The van der Waals surface area contributed by atoms with E-state index in [9.17, 15) is 0 Å². The standard InChI is InChI=1S/C6H13NO3/c1-9-10-4-5-2-3-6(8)7-5/h5-8H,2-4H2,1H3. The van der Waals surface area contributed by atoms with Crippen LogP contribution in [0.5, 0.6) is 0 Å². The van der Waals surface area contributed by atoms with E-state index in [1.54, 1.807) is 0 Å². The molecule has 1 aliphatic rings. The van der Waals surface area contributed by atoms with Gasteiger partial charge in [0.25, 0.3) is 0 Å². The lowest BCUT2D eigenvalue weighted by atomic mass is 10.2. The predicted molar refractivity (Wildman–Crippen MR) is 35.1 cm³/mol. The molecule has 4 nitrogen and oxygen atoms in total. The second-order valence-corrected chi connectivity index (χ2v) is 2.41. The average molecular weight is 147 g/mol. The largest absolute Gasteiger partial charge is 0.379 e. The molecule has 1 saturated heterocycles. The maximum atomic E-state index is 8.99. The Morgan fingerprint density at radius 2 is 2.40 bits per heavy atom. The highest BCUT2D eigenvalue weighted by molar-refractivity contribution is 4.75. The molecule has 0 aromatic rings. The Kier molecular flexibility index (Phi) is 3.08. The summed E-state index contributed by atoms with van der Waals surface area (Å²) >= 11 is 0. The smallest absolute Gasteiger partial charge is 0.105 e. The molecular weight excluding hydrogens is 134 g/mol. The summed E-state index contributed by atoms with van der Waals surface area (Å²) in [6.45, 7) is 0.507. The molecule has 1 rings (SSSR count). The molecule has 0 spiro atoms. The van der Waals surface area contributed by atoms with Crippen molar-refractivity contribution in [1.29, 1.82) is 0 Å². The third-order valence-electron chi connectivity index (χ3n) is 1.60. The molecule has 1 fully saturated rings. The molecular formula is C6H13NO3. The van der Waals surface area contributed by atoms with Crippen LogP contribution >= 0.6 is 0 Å². The van der Waals surface area contributed by atoms with Crippen LogP contribution in [0.3, 0.4) is 0 Å².